The topological polar surface area (TPSA) is 69.7 Å². The van der Waals surface area contributed by atoms with Crippen molar-refractivity contribution in [3.8, 4) is 0 Å². The average Bonchev–Trinajstić information content (AvgIpc) is 2.74. The van der Waals surface area contributed by atoms with Crippen LogP contribution in [0.2, 0.25) is 0 Å². The molecule has 31 heavy (non-hydrogen) atoms. The van der Waals surface area contributed by atoms with Gasteiger partial charge in [0.15, 0.2) is 0 Å². The number of nitrogens with one attached hydrogen (secondary N) is 1. The first kappa shape index (κ1) is 23.4. The van der Waals surface area contributed by atoms with Gasteiger partial charge in [-0.1, -0.05) is 43.7 Å². The van der Waals surface area contributed by atoms with E-state index in [0.29, 0.717) is 49.1 Å². The van der Waals surface area contributed by atoms with Gasteiger partial charge in [0.05, 0.1) is 4.90 Å². The zero-order valence-corrected chi connectivity index (χ0v) is 19.5. The van der Waals surface area contributed by atoms with E-state index in [1.165, 1.54) is 0 Å². The van der Waals surface area contributed by atoms with Gasteiger partial charge in [-0.2, -0.15) is 4.31 Å². The van der Waals surface area contributed by atoms with E-state index in [1.54, 1.807) is 16.4 Å². The molecule has 2 aromatic rings. The summed E-state index contributed by atoms with van der Waals surface area (Å²) in [6.07, 6.45) is 0.968. The number of rotatable bonds is 8. The molecule has 0 bridgehead atoms. The molecule has 0 spiro atoms. The number of nitrogens with zero attached hydrogens (tertiary/aromatic N) is 2. The van der Waals surface area contributed by atoms with Crippen molar-refractivity contribution in [3.05, 3.63) is 65.2 Å². The van der Waals surface area contributed by atoms with Gasteiger partial charge < -0.3 is 5.32 Å². The summed E-state index contributed by atoms with van der Waals surface area (Å²) < 4.78 is 27.3. The molecule has 6 nitrogen and oxygen atoms in total. The molecule has 3 rings (SSSR count). The molecule has 0 unspecified atom stereocenters. The monoisotopic (exact) mass is 443 g/mol. The Morgan fingerprint density at radius 3 is 2.16 bits per heavy atom. The smallest absolute Gasteiger partial charge is 0.251 e. The first-order valence-corrected chi connectivity index (χ1v) is 12.4. The summed E-state index contributed by atoms with van der Waals surface area (Å²) in [4.78, 5) is 14.8. The van der Waals surface area contributed by atoms with Gasteiger partial charge in [0, 0.05) is 44.8 Å². The fourth-order valence-corrected chi connectivity index (χ4v) is 5.01. The lowest BCUT2D eigenvalue weighted by atomic mass is 10.1. The Morgan fingerprint density at radius 2 is 1.58 bits per heavy atom. The van der Waals surface area contributed by atoms with Crippen LogP contribution in [0.5, 0.6) is 0 Å². The second kappa shape index (κ2) is 10.4. The van der Waals surface area contributed by atoms with Crippen molar-refractivity contribution in [2.75, 3.05) is 32.7 Å². The second-order valence-electron chi connectivity index (χ2n) is 8.63. The molecule has 0 saturated carbocycles. The number of hydrogen-bond acceptors (Lipinski definition) is 4. The molecule has 1 aliphatic rings. The molecular weight excluding hydrogens is 410 g/mol. The average molecular weight is 444 g/mol. The van der Waals surface area contributed by atoms with E-state index in [-0.39, 0.29) is 5.91 Å². The summed E-state index contributed by atoms with van der Waals surface area (Å²) >= 11 is 0. The highest BCUT2D eigenvalue weighted by molar-refractivity contribution is 7.89. The van der Waals surface area contributed by atoms with Crippen LogP contribution in [0.15, 0.2) is 53.4 Å². The van der Waals surface area contributed by atoms with Crippen molar-refractivity contribution in [2.24, 2.45) is 5.92 Å². The maximum atomic E-state index is 12.8. The molecule has 1 amide bonds. The molecule has 1 aliphatic heterocycles. The highest BCUT2D eigenvalue weighted by Gasteiger charge is 2.28. The summed E-state index contributed by atoms with van der Waals surface area (Å²) in [5.74, 6) is 0.525. The van der Waals surface area contributed by atoms with Crippen molar-refractivity contribution in [1.82, 2.24) is 14.5 Å². The molecule has 168 valence electrons. The van der Waals surface area contributed by atoms with Crippen LogP contribution in [-0.2, 0) is 16.6 Å². The molecule has 1 saturated heterocycles. The normalized spacial score (nSPS) is 15.9. The molecule has 1 heterocycles. The number of piperazine rings is 1. The van der Waals surface area contributed by atoms with Gasteiger partial charge in [0.1, 0.15) is 0 Å². The third-order valence-electron chi connectivity index (χ3n) is 5.62. The summed E-state index contributed by atoms with van der Waals surface area (Å²) in [5, 5.41) is 2.95. The highest BCUT2D eigenvalue weighted by Crippen LogP contribution is 2.19. The summed E-state index contributed by atoms with van der Waals surface area (Å²) in [6, 6.07) is 14.7. The Bertz CT molecular complexity index is 962. The summed E-state index contributed by atoms with van der Waals surface area (Å²) in [7, 11) is -3.44. The van der Waals surface area contributed by atoms with Crippen LogP contribution in [0.3, 0.4) is 0 Å². The van der Waals surface area contributed by atoms with Gasteiger partial charge in [-0.15, -0.1) is 0 Å². The molecule has 2 aromatic carbocycles. The first-order chi connectivity index (χ1) is 14.8. The number of carbonyl (C=O) groups excluding carboxylic acids is 1. The minimum absolute atomic E-state index is 0.0397. The van der Waals surface area contributed by atoms with Gasteiger partial charge >= 0.3 is 0 Å². The van der Waals surface area contributed by atoms with Crippen LogP contribution in [0, 0.1) is 12.8 Å². The number of benzene rings is 2. The molecular formula is C24H33N3O3S. The van der Waals surface area contributed by atoms with E-state index < -0.39 is 10.0 Å². The first-order valence-electron chi connectivity index (χ1n) is 10.9. The third kappa shape index (κ3) is 6.38. The van der Waals surface area contributed by atoms with Crippen LogP contribution in [0.4, 0.5) is 0 Å². The molecule has 0 aromatic heterocycles. The second-order valence-corrected chi connectivity index (χ2v) is 10.6. The van der Waals surface area contributed by atoms with Crippen molar-refractivity contribution < 1.29 is 13.2 Å². The lowest BCUT2D eigenvalue weighted by Gasteiger charge is -2.34. The van der Waals surface area contributed by atoms with Gasteiger partial charge in [-0.25, -0.2) is 8.42 Å². The molecule has 1 fully saturated rings. The molecule has 0 aliphatic carbocycles. The Labute approximate surface area is 186 Å². The van der Waals surface area contributed by atoms with Gasteiger partial charge in [0.2, 0.25) is 10.0 Å². The van der Waals surface area contributed by atoms with Crippen LogP contribution in [0.25, 0.3) is 0 Å². The van der Waals surface area contributed by atoms with Gasteiger partial charge in [-0.05, 0) is 49.1 Å². The SMILES string of the molecule is Cc1ccc(S(=O)(=O)N2CCN(Cc3ccc(C(=O)NCCC(C)C)cc3)CC2)cc1. The highest BCUT2D eigenvalue weighted by atomic mass is 32.2. The molecule has 1 N–H and O–H groups in total. The fraction of sp³-hybridized carbons (Fsp3) is 0.458. The Balaban J connectivity index is 1.50. The van der Waals surface area contributed by atoms with Crippen LogP contribution in [-0.4, -0.2) is 56.3 Å². The van der Waals surface area contributed by atoms with E-state index in [0.717, 1.165) is 24.1 Å². The van der Waals surface area contributed by atoms with Gasteiger partial charge in [-0.3, -0.25) is 9.69 Å². The predicted octanol–water partition coefficient (Wildman–Crippen LogP) is 3.28. The minimum atomic E-state index is -3.44. The Hall–Kier alpha value is -2.22. The zero-order chi connectivity index (χ0) is 22.4. The maximum absolute atomic E-state index is 12.8. The van der Waals surface area contributed by atoms with E-state index >= 15 is 0 Å². The number of amides is 1. The van der Waals surface area contributed by atoms with Crippen LogP contribution < -0.4 is 5.32 Å². The number of hydrogen-bond donors (Lipinski definition) is 1. The third-order valence-corrected chi connectivity index (χ3v) is 7.53. The van der Waals surface area contributed by atoms with Gasteiger partial charge in [0.25, 0.3) is 5.91 Å². The van der Waals surface area contributed by atoms with E-state index in [2.05, 4.69) is 24.1 Å². The number of sulfonamides is 1. The van der Waals surface area contributed by atoms with Crippen molar-refractivity contribution in [1.29, 1.82) is 0 Å². The Kier molecular flexibility index (Phi) is 7.86. The summed E-state index contributed by atoms with van der Waals surface area (Å²) in [5.41, 5.74) is 2.83. The largest absolute Gasteiger partial charge is 0.352 e. The summed E-state index contributed by atoms with van der Waals surface area (Å²) in [6.45, 7) is 9.98. The van der Waals surface area contributed by atoms with Crippen molar-refractivity contribution in [3.63, 3.8) is 0 Å². The van der Waals surface area contributed by atoms with E-state index in [4.69, 9.17) is 0 Å². The zero-order valence-electron chi connectivity index (χ0n) is 18.7. The van der Waals surface area contributed by atoms with Crippen LogP contribution in [0.1, 0.15) is 41.8 Å². The molecule has 0 radical (unpaired) electrons. The molecule has 7 heteroatoms. The number of carbonyl (C=O) groups is 1. The fourth-order valence-electron chi connectivity index (χ4n) is 3.58. The predicted molar refractivity (Wildman–Crippen MR) is 123 cm³/mol. The number of aryl methyl sites for hydroxylation is 1. The van der Waals surface area contributed by atoms with Crippen molar-refractivity contribution in [2.45, 2.75) is 38.6 Å². The quantitative estimate of drug-likeness (QED) is 0.680. The lowest BCUT2D eigenvalue weighted by molar-refractivity contribution is 0.0952. The van der Waals surface area contributed by atoms with E-state index in [9.17, 15) is 13.2 Å². The lowest BCUT2D eigenvalue weighted by Crippen LogP contribution is -2.48. The standard InChI is InChI=1S/C24H33N3O3S/c1-19(2)12-13-25-24(28)22-8-6-21(7-9-22)18-26-14-16-27(17-15-26)31(29,30)23-10-4-20(3)5-11-23/h4-11,19H,12-18H2,1-3H3,(H,25,28). The minimum Gasteiger partial charge on any atom is -0.352 e. The maximum Gasteiger partial charge on any atom is 0.251 e. The molecule has 0 atom stereocenters. The van der Waals surface area contributed by atoms with E-state index in [1.807, 2.05) is 43.3 Å². The van der Waals surface area contributed by atoms with Crippen LogP contribution >= 0.6 is 0 Å². The van der Waals surface area contributed by atoms with Crippen molar-refractivity contribution >= 4 is 15.9 Å². The Morgan fingerprint density at radius 1 is 0.968 bits per heavy atom.